The van der Waals surface area contributed by atoms with Gasteiger partial charge in [0.05, 0.1) is 12.0 Å². The van der Waals surface area contributed by atoms with E-state index in [1.54, 1.807) is 6.92 Å². The van der Waals surface area contributed by atoms with Gasteiger partial charge in [-0.3, -0.25) is 4.79 Å². The summed E-state index contributed by atoms with van der Waals surface area (Å²) in [6.45, 7) is 2.40. The Bertz CT molecular complexity index is 242. The third kappa shape index (κ3) is 1.92. The van der Waals surface area contributed by atoms with Crippen LogP contribution < -0.4 is 0 Å². The first kappa shape index (κ1) is 9.86. The third-order valence-corrected chi connectivity index (χ3v) is 2.46. The van der Waals surface area contributed by atoms with Gasteiger partial charge in [0.2, 0.25) is 0 Å². The number of carbonyl (C=O) groups is 1. The molecule has 0 heterocycles. The molecule has 0 atom stereocenters. The molecule has 0 aromatic heterocycles. The van der Waals surface area contributed by atoms with Crippen molar-refractivity contribution in [3.05, 3.63) is 10.4 Å². The molecular weight excluding hydrogens is 170 g/mol. The fourth-order valence-corrected chi connectivity index (χ4v) is 1.48. The molecule has 0 aromatic rings. The minimum absolute atomic E-state index is 0.214. The summed E-state index contributed by atoms with van der Waals surface area (Å²) in [6, 6.07) is 0. The zero-order chi connectivity index (χ0) is 9.73. The smallest absolute Gasteiger partial charge is 0.312 e. The summed E-state index contributed by atoms with van der Waals surface area (Å²) in [4.78, 5) is 14.1. The predicted molar refractivity (Wildman–Crippen MR) is 46.9 cm³/mol. The second-order valence-corrected chi connectivity index (χ2v) is 3.24. The van der Waals surface area contributed by atoms with Crippen molar-refractivity contribution in [3.8, 4) is 0 Å². The van der Waals surface area contributed by atoms with Gasteiger partial charge in [-0.1, -0.05) is 11.5 Å². The first-order chi connectivity index (χ1) is 6.25. The van der Waals surface area contributed by atoms with Crippen LogP contribution in [0.3, 0.4) is 0 Å². The van der Waals surface area contributed by atoms with Crippen LogP contribution >= 0.6 is 0 Å². The molecule has 0 aliphatic heterocycles. The van der Waals surface area contributed by atoms with Gasteiger partial charge in [0.15, 0.2) is 0 Å². The molecule has 0 unspecified atom stereocenters. The maximum atomic E-state index is 11.4. The van der Waals surface area contributed by atoms with Crippen LogP contribution in [0.2, 0.25) is 0 Å². The van der Waals surface area contributed by atoms with E-state index in [-0.39, 0.29) is 12.5 Å². The average molecular weight is 183 g/mol. The fraction of sp³-hybridized carbons (Fsp3) is 0.875. The van der Waals surface area contributed by atoms with Crippen molar-refractivity contribution in [1.29, 1.82) is 0 Å². The highest BCUT2D eigenvalue weighted by atomic mass is 16.5. The number of ether oxygens (including phenoxy) is 1. The summed E-state index contributed by atoms with van der Waals surface area (Å²) in [5.41, 5.74) is 7.67. The van der Waals surface area contributed by atoms with E-state index in [1.807, 2.05) is 0 Å². The Morgan fingerprint density at radius 1 is 1.69 bits per heavy atom. The summed E-state index contributed by atoms with van der Waals surface area (Å²) in [5, 5.41) is 3.45. The van der Waals surface area contributed by atoms with Crippen LogP contribution in [0.5, 0.6) is 0 Å². The van der Waals surface area contributed by atoms with Gasteiger partial charge in [0.25, 0.3) is 0 Å². The average Bonchev–Trinajstić information content (AvgIpc) is 2.03. The van der Waals surface area contributed by atoms with Crippen molar-refractivity contribution in [2.45, 2.75) is 26.2 Å². The van der Waals surface area contributed by atoms with Gasteiger partial charge in [-0.15, -0.1) is 0 Å². The molecule has 5 heteroatoms. The second-order valence-electron chi connectivity index (χ2n) is 3.24. The minimum Gasteiger partial charge on any atom is -0.466 e. The first-order valence-corrected chi connectivity index (χ1v) is 4.43. The molecule has 72 valence electrons. The molecule has 5 nitrogen and oxygen atoms in total. The lowest BCUT2D eigenvalue weighted by molar-refractivity contribution is -0.160. The lowest BCUT2D eigenvalue weighted by Crippen LogP contribution is -2.41. The van der Waals surface area contributed by atoms with Gasteiger partial charge in [-0.05, 0) is 25.3 Å². The van der Waals surface area contributed by atoms with E-state index in [9.17, 15) is 4.79 Å². The summed E-state index contributed by atoms with van der Waals surface area (Å²) < 4.78 is 4.92. The molecule has 1 saturated carbocycles. The van der Waals surface area contributed by atoms with Crippen LogP contribution in [0.25, 0.3) is 10.4 Å². The number of nitrogens with zero attached hydrogens (tertiary/aromatic N) is 3. The van der Waals surface area contributed by atoms with Crippen LogP contribution in [-0.4, -0.2) is 19.1 Å². The molecule has 0 aromatic carbocycles. The second kappa shape index (κ2) is 4.14. The summed E-state index contributed by atoms with van der Waals surface area (Å²) >= 11 is 0. The lowest BCUT2D eigenvalue weighted by atomic mass is 9.69. The van der Waals surface area contributed by atoms with E-state index in [2.05, 4.69) is 10.0 Å². The Morgan fingerprint density at radius 3 is 2.77 bits per heavy atom. The molecule has 0 saturated heterocycles. The highest BCUT2D eigenvalue weighted by molar-refractivity contribution is 5.78. The number of carbonyl (C=O) groups excluding carboxylic acids is 1. The fourth-order valence-electron chi connectivity index (χ4n) is 1.48. The van der Waals surface area contributed by atoms with E-state index in [0.717, 1.165) is 19.3 Å². The van der Waals surface area contributed by atoms with E-state index >= 15 is 0 Å². The van der Waals surface area contributed by atoms with Gasteiger partial charge in [0, 0.05) is 11.5 Å². The molecule has 0 N–H and O–H groups in total. The van der Waals surface area contributed by atoms with Gasteiger partial charge in [-0.2, -0.15) is 0 Å². The van der Waals surface area contributed by atoms with Crippen molar-refractivity contribution >= 4 is 5.97 Å². The van der Waals surface area contributed by atoms with Crippen LogP contribution in [0, 0.1) is 5.41 Å². The van der Waals surface area contributed by atoms with E-state index < -0.39 is 5.41 Å². The monoisotopic (exact) mass is 183 g/mol. The van der Waals surface area contributed by atoms with Gasteiger partial charge in [0.1, 0.15) is 0 Å². The maximum absolute atomic E-state index is 11.4. The largest absolute Gasteiger partial charge is 0.466 e. The van der Waals surface area contributed by atoms with Gasteiger partial charge < -0.3 is 4.74 Å². The molecule has 13 heavy (non-hydrogen) atoms. The molecule has 1 aliphatic carbocycles. The van der Waals surface area contributed by atoms with Crippen molar-refractivity contribution in [2.75, 3.05) is 13.2 Å². The standard InChI is InChI=1S/C8H13N3O2/c1-2-13-7(12)8(4-3-5-8)6-10-11-9/h2-6H2,1H3. The Kier molecular flexibility index (Phi) is 3.14. The third-order valence-electron chi connectivity index (χ3n) is 2.46. The summed E-state index contributed by atoms with van der Waals surface area (Å²) in [7, 11) is 0. The maximum Gasteiger partial charge on any atom is 0.312 e. The molecule has 1 rings (SSSR count). The minimum atomic E-state index is -0.498. The quantitative estimate of drug-likeness (QED) is 0.289. The summed E-state index contributed by atoms with van der Waals surface area (Å²) in [6.07, 6.45) is 2.58. The van der Waals surface area contributed by atoms with Crippen LogP contribution in [0.1, 0.15) is 26.2 Å². The van der Waals surface area contributed by atoms with Crippen molar-refractivity contribution in [3.63, 3.8) is 0 Å². The van der Waals surface area contributed by atoms with Gasteiger partial charge in [-0.25, -0.2) is 0 Å². The lowest BCUT2D eigenvalue weighted by Gasteiger charge is -2.37. The SMILES string of the molecule is CCOC(=O)C1(CN=[N+]=[N-])CCC1. The molecule has 0 bridgehead atoms. The number of rotatable bonds is 4. The Hall–Kier alpha value is -1.22. The number of azide groups is 1. The zero-order valence-corrected chi connectivity index (χ0v) is 7.69. The van der Waals surface area contributed by atoms with Crippen molar-refractivity contribution in [1.82, 2.24) is 0 Å². The molecule has 1 aliphatic rings. The Balaban J connectivity index is 2.57. The van der Waals surface area contributed by atoms with Crippen LogP contribution in [0.15, 0.2) is 5.11 Å². The zero-order valence-electron chi connectivity index (χ0n) is 7.69. The van der Waals surface area contributed by atoms with E-state index in [1.165, 1.54) is 0 Å². The first-order valence-electron chi connectivity index (χ1n) is 4.43. The Labute approximate surface area is 76.7 Å². The molecule has 0 spiro atoms. The van der Waals surface area contributed by atoms with Gasteiger partial charge >= 0.3 is 5.97 Å². The number of esters is 1. The van der Waals surface area contributed by atoms with Crippen molar-refractivity contribution < 1.29 is 9.53 Å². The topological polar surface area (TPSA) is 75.1 Å². The van der Waals surface area contributed by atoms with E-state index in [0.29, 0.717) is 6.61 Å². The van der Waals surface area contributed by atoms with Crippen LogP contribution in [0.4, 0.5) is 0 Å². The highest BCUT2D eigenvalue weighted by Gasteiger charge is 2.44. The van der Waals surface area contributed by atoms with E-state index in [4.69, 9.17) is 10.3 Å². The molecule has 1 fully saturated rings. The molecular formula is C8H13N3O2. The summed E-state index contributed by atoms with van der Waals surface area (Å²) in [5.74, 6) is -0.214. The molecule has 0 radical (unpaired) electrons. The molecule has 0 amide bonds. The van der Waals surface area contributed by atoms with Crippen molar-refractivity contribution in [2.24, 2.45) is 10.5 Å². The predicted octanol–water partition coefficient (Wildman–Crippen LogP) is 2.03. The van der Waals surface area contributed by atoms with Crippen LogP contribution in [-0.2, 0) is 9.53 Å². The highest BCUT2D eigenvalue weighted by Crippen LogP contribution is 2.42. The Morgan fingerprint density at radius 2 is 2.38 bits per heavy atom. The number of hydrogen-bond donors (Lipinski definition) is 0. The normalized spacial score (nSPS) is 18.2. The number of hydrogen-bond acceptors (Lipinski definition) is 3.